The first-order chi connectivity index (χ1) is 9.20. The van der Waals surface area contributed by atoms with E-state index in [2.05, 4.69) is 38.1 Å². The van der Waals surface area contributed by atoms with Crippen molar-refractivity contribution in [2.45, 2.75) is 52.1 Å². The van der Waals surface area contributed by atoms with Gasteiger partial charge in [0.1, 0.15) is 0 Å². The second-order valence-corrected chi connectivity index (χ2v) is 6.76. The van der Waals surface area contributed by atoms with Gasteiger partial charge in [-0.2, -0.15) is 5.10 Å². The van der Waals surface area contributed by atoms with Gasteiger partial charge in [0.15, 0.2) is 0 Å². The van der Waals surface area contributed by atoms with Crippen molar-refractivity contribution in [3.63, 3.8) is 0 Å². The minimum absolute atomic E-state index is 0.0163. The largest absolute Gasteiger partial charge is 0.396 e. The number of aliphatic hydroxyl groups excluding tert-OH is 1. The lowest BCUT2D eigenvalue weighted by Gasteiger charge is -2.27. The van der Waals surface area contributed by atoms with Crippen LogP contribution in [0, 0.1) is 5.92 Å². The van der Waals surface area contributed by atoms with Gasteiger partial charge in [0.05, 0.1) is 5.69 Å². The summed E-state index contributed by atoms with van der Waals surface area (Å²) in [6.45, 7) is 11.3. The topological polar surface area (TPSA) is 76.1 Å². The summed E-state index contributed by atoms with van der Waals surface area (Å²) in [5.74, 6) is 0.193. The molecule has 1 rings (SSSR count). The molecule has 116 valence electrons. The molecule has 0 aliphatic rings. The van der Waals surface area contributed by atoms with E-state index < -0.39 is 0 Å². The van der Waals surface area contributed by atoms with E-state index in [0.29, 0.717) is 6.54 Å². The molecule has 0 amide bonds. The number of aromatic nitrogens is 2. The number of hydrogen-bond donors (Lipinski definition) is 3. The summed E-state index contributed by atoms with van der Waals surface area (Å²) in [6, 6.07) is 0.253. The number of nitrogens with two attached hydrogens (primary N) is 1. The molecule has 0 aromatic carbocycles. The van der Waals surface area contributed by atoms with Gasteiger partial charge in [-0.05, 0) is 12.8 Å². The molecule has 3 unspecified atom stereocenters. The Morgan fingerprint density at radius 3 is 2.45 bits per heavy atom. The molecule has 1 aromatic rings. The normalized spacial score (nSPS) is 17.0. The quantitative estimate of drug-likeness (QED) is 0.735. The maximum atomic E-state index is 9.26. The Morgan fingerprint density at radius 2 is 2.00 bits per heavy atom. The van der Waals surface area contributed by atoms with Crippen LogP contribution in [0.3, 0.4) is 0 Å². The molecule has 1 aromatic heterocycles. The molecule has 0 saturated heterocycles. The van der Waals surface area contributed by atoms with Crippen molar-refractivity contribution < 1.29 is 5.11 Å². The third-order valence-corrected chi connectivity index (χ3v) is 3.78. The van der Waals surface area contributed by atoms with E-state index in [0.717, 1.165) is 11.3 Å². The van der Waals surface area contributed by atoms with Gasteiger partial charge < -0.3 is 16.2 Å². The predicted octanol–water partition coefficient (Wildman–Crippen LogP) is 1.32. The Bertz CT molecular complexity index is 422. The van der Waals surface area contributed by atoms with Crippen LogP contribution in [0.5, 0.6) is 0 Å². The van der Waals surface area contributed by atoms with Crippen LogP contribution in [0.15, 0.2) is 6.20 Å². The second kappa shape index (κ2) is 6.70. The fourth-order valence-corrected chi connectivity index (χ4v) is 2.27. The zero-order valence-electron chi connectivity index (χ0n) is 13.6. The van der Waals surface area contributed by atoms with Crippen molar-refractivity contribution in [2.75, 3.05) is 13.2 Å². The van der Waals surface area contributed by atoms with E-state index in [1.165, 1.54) is 0 Å². The van der Waals surface area contributed by atoms with Crippen LogP contribution in [0.2, 0.25) is 0 Å². The van der Waals surface area contributed by atoms with Crippen LogP contribution < -0.4 is 11.1 Å². The van der Waals surface area contributed by atoms with Gasteiger partial charge in [0, 0.05) is 49.5 Å². The molecule has 5 nitrogen and oxygen atoms in total. The van der Waals surface area contributed by atoms with Crippen molar-refractivity contribution in [2.24, 2.45) is 18.7 Å². The molecule has 0 aliphatic carbocycles. The highest BCUT2D eigenvalue weighted by Crippen LogP contribution is 2.28. The van der Waals surface area contributed by atoms with Gasteiger partial charge in [-0.15, -0.1) is 0 Å². The molecule has 5 heteroatoms. The van der Waals surface area contributed by atoms with Gasteiger partial charge in [0.2, 0.25) is 0 Å². The van der Waals surface area contributed by atoms with E-state index in [1.54, 1.807) is 0 Å². The highest BCUT2D eigenvalue weighted by molar-refractivity contribution is 5.27. The fourth-order valence-electron chi connectivity index (χ4n) is 2.27. The zero-order valence-corrected chi connectivity index (χ0v) is 13.6. The molecular formula is C15H30N4O. The maximum absolute atomic E-state index is 9.26. The molecule has 0 spiro atoms. The molecule has 4 N–H and O–H groups in total. The lowest BCUT2D eigenvalue weighted by Crippen LogP contribution is -2.40. The Balaban J connectivity index is 3.01. The van der Waals surface area contributed by atoms with Crippen LogP contribution in [0.4, 0.5) is 0 Å². The highest BCUT2D eigenvalue weighted by atomic mass is 16.3. The lowest BCUT2D eigenvalue weighted by atomic mass is 9.87. The van der Waals surface area contributed by atoms with Crippen LogP contribution in [0.25, 0.3) is 0 Å². The van der Waals surface area contributed by atoms with E-state index in [1.807, 2.05) is 24.9 Å². The number of nitrogens with zero attached hydrogens (tertiary/aromatic N) is 2. The molecule has 0 bridgehead atoms. The van der Waals surface area contributed by atoms with Crippen molar-refractivity contribution in [1.82, 2.24) is 15.1 Å². The van der Waals surface area contributed by atoms with Gasteiger partial charge in [-0.1, -0.05) is 27.7 Å². The Hall–Kier alpha value is -0.910. The van der Waals surface area contributed by atoms with Crippen molar-refractivity contribution in [3.05, 3.63) is 17.5 Å². The molecule has 20 heavy (non-hydrogen) atoms. The Kier molecular flexibility index (Phi) is 5.74. The monoisotopic (exact) mass is 282 g/mol. The van der Waals surface area contributed by atoms with Gasteiger partial charge in [-0.3, -0.25) is 4.68 Å². The van der Waals surface area contributed by atoms with Crippen molar-refractivity contribution in [3.8, 4) is 0 Å². The minimum Gasteiger partial charge on any atom is -0.396 e. The average Bonchev–Trinajstić information content (AvgIpc) is 2.76. The van der Waals surface area contributed by atoms with E-state index in [-0.39, 0.29) is 30.0 Å². The second-order valence-electron chi connectivity index (χ2n) is 6.76. The van der Waals surface area contributed by atoms with Crippen LogP contribution >= 0.6 is 0 Å². The molecule has 0 fully saturated rings. The maximum Gasteiger partial charge on any atom is 0.0726 e. The van der Waals surface area contributed by atoms with Gasteiger partial charge >= 0.3 is 0 Å². The summed E-state index contributed by atoms with van der Waals surface area (Å²) >= 11 is 0. The number of aryl methyl sites for hydroxylation is 1. The fraction of sp³-hybridized carbons (Fsp3) is 0.800. The Morgan fingerprint density at radius 1 is 1.40 bits per heavy atom. The van der Waals surface area contributed by atoms with Gasteiger partial charge in [-0.25, -0.2) is 0 Å². The lowest BCUT2D eigenvalue weighted by molar-refractivity contribution is 0.201. The average molecular weight is 282 g/mol. The zero-order chi connectivity index (χ0) is 15.5. The first-order valence-corrected chi connectivity index (χ1v) is 7.31. The smallest absolute Gasteiger partial charge is 0.0726 e. The van der Waals surface area contributed by atoms with Crippen LogP contribution in [0.1, 0.15) is 51.9 Å². The van der Waals surface area contributed by atoms with Crippen LogP contribution in [-0.2, 0) is 12.5 Å². The summed E-state index contributed by atoms with van der Waals surface area (Å²) in [5, 5.41) is 17.4. The standard InChI is InChI=1S/C15H30N4O/c1-10(9-20)11(2)17-13(7-16)12-8-19(6)18-14(12)15(3,4)5/h8,10-11,13,17,20H,7,9,16H2,1-6H3. The molecule has 0 aliphatic heterocycles. The Labute approximate surface area is 122 Å². The highest BCUT2D eigenvalue weighted by Gasteiger charge is 2.27. The van der Waals surface area contributed by atoms with E-state index >= 15 is 0 Å². The summed E-state index contributed by atoms with van der Waals surface area (Å²) in [5.41, 5.74) is 8.17. The predicted molar refractivity (Wildman–Crippen MR) is 82.6 cm³/mol. The number of hydrogen-bond acceptors (Lipinski definition) is 4. The molecular weight excluding hydrogens is 252 g/mol. The van der Waals surface area contributed by atoms with E-state index in [4.69, 9.17) is 5.73 Å². The van der Waals surface area contributed by atoms with Gasteiger partial charge in [0.25, 0.3) is 0 Å². The number of nitrogens with one attached hydrogen (secondary N) is 1. The summed E-state index contributed by atoms with van der Waals surface area (Å²) in [4.78, 5) is 0. The molecule has 3 atom stereocenters. The van der Waals surface area contributed by atoms with Crippen LogP contribution in [-0.4, -0.2) is 34.1 Å². The number of rotatable bonds is 6. The van der Waals surface area contributed by atoms with Crippen molar-refractivity contribution >= 4 is 0 Å². The minimum atomic E-state index is -0.0163. The molecule has 1 heterocycles. The first-order valence-electron chi connectivity index (χ1n) is 7.31. The van der Waals surface area contributed by atoms with E-state index in [9.17, 15) is 5.11 Å². The summed E-state index contributed by atoms with van der Waals surface area (Å²) in [6.07, 6.45) is 2.04. The number of aliphatic hydroxyl groups is 1. The summed E-state index contributed by atoms with van der Waals surface area (Å²) < 4.78 is 1.85. The summed E-state index contributed by atoms with van der Waals surface area (Å²) in [7, 11) is 1.94. The van der Waals surface area contributed by atoms with Crippen molar-refractivity contribution in [1.29, 1.82) is 0 Å². The first kappa shape index (κ1) is 17.1. The third kappa shape index (κ3) is 4.04. The molecule has 0 radical (unpaired) electrons. The third-order valence-electron chi connectivity index (χ3n) is 3.78. The SMILES string of the molecule is CC(CO)C(C)NC(CN)c1cn(C)nc1C(C)(C)C. The molecule has 0 saturated carbocycles.